The first-order valence-corrected chi connectivity index (χ1v) is 6.40. The zero-order valence-corrected chi connectivity index (χ0v) is 12.2. The van der Waals surface area contributed by atoms with Gasteiger partial charge in [0, 0.05) is 19.7 Å². The van der Waals surface area contributed by atoms with Crippen LogP contribution in [0, 0.1) is 28.4 Å². The van der Waals surface area contributed by atoms with E-state index in [1.165, 1.54) is 24.0 Å². The maximum absolute atomic E-state index is 12.0. The van der Waals surface area contributed by atoms with Gasteiger partial charge >= 0.3 is 5.69 Å². The monoisotopic (exact) mass is 291 g/mol. The summed E-state index contributed by atoms with van der Waals surface area (Å²) in [6.07, 6.45) is -0.644. The molecule has 1 aromatic rings. The Bertz CT molecular complexity index is 580. The van der Waals surface area contributed by atoms with Crippen molar-refractivity contribution in [3.63, 3.8) is 0 Å². The van der Waals surface area contributed by atoms with Gasteiger partial charge in [-0.3, -0.25) is 14.9 Å². The van der Waals surface area contributed by atoms with Crippen LogP contribution in [0.4, 0.5) is 5.69 Å². The lowest BCUT2D eigenvalue weighted by Crippen LogP contribution is -2.38. The Morgan fingerprint density at radius 1 is 1.57 bits per heavy atom. The Morgan fingerprint density at radius 3 is 2.81 bits per heavy atom. The molecule has 0 aliphatic carbocycles. The lowest BCUT2D eigenvalue weighted by atomic mass is 10.2. The highest BCUT2D eigenvalue weighted by molar-refractivity contribution is 5.80. The standard InChI is InChI=1S/C14H17N3O4/c1-10-5-6-13(12(9-10)17(19)20)21-11(2)14(18)16(3)8-4-7-15/h5-6,9,11H,4,8H2,1-3H3/t11-/m0/s1. The number of nitro benzene ring substituents is 1. The number of nitrogens with zero attached hydrogens (tertiary/aromatic N) is 3. The average Bonchev–Trinajstić information content (AvgIpc) is 2.45. The van der Waals surface area contributed by atoms with Crippen molar-refractivity contribution >= 4 is 11.6 Å². The zero-order chi connectivity index (χ0) is 16.0. The third kappa shape index (κ3) is 4.45. The van der Waals surface area contributed by atoms with E-state index in [2.05, 4.69) is 0 Å². The molecular weight excluding hydrogens is 274 g/mol. The predicted molar refractivity (Wildman–Crippen MR) is 75.8 cm³/mol. The van der Waals surface area contributed by atoms with Crippen LogP contribution in [0.2, 0.25) is 0 Å². The van der Waals surface area contributed by atoms with Gasteiger partial charge in [0.2, 0.25) is 0 Å². The molecule has 0 spiro atoms. The van der Waals surface area contributed by atoms with E-state index in [1.807, 2.05) is 6.07 Å². The number of nitriles is 1. The molecule has 7 heteroatoms. The van der Waals surface area contributed by atoms with E-state index >= 15 is 0 Å². The summed E-state index contributed by atoms with van der Waals surface area (Å²) in [7, 11) is 1.56. The number of carbonyl (C=O) groups excluding carboxylic acids is 1. The smallest absolute Gasteiger partial charge is 0.311 e. The van der Waals surface area contributed by atoms with Crippen LogP contribution in [-0.4, -0.2) is 35.4 Å². The molecule has 21 heavy (non-hydrogen) atoms. The minimum absolute atomic E-state index is 0.0557. The molecule has 0 saturated heterocycles. The molecule has 0 aliphatic rings. The summed E-state index contributed by atoms with van der Waals surface area (Å²) in [5.74, 6) is -0.278. The number of carbonyl (C=O) groups is 1. The first-order chi connectivity index (χ1) is 9.86. The third-order valence-electron chi connectivity index (χ3n) is 2.90. The van der Waals surface area contributed by atoms with Crippen LogP contribution in [0.15, 0.2) is 18.2 Å². The minimum atomic E-state index is -0.866. The maximum Gasteiger partial charge on any atom is 0.311 e. The second-order valence-electron chi connectivity index (χ2n) is 4.66. The number of aryl methyl sites for hydroxylation is 1. The van der Waals surface area contributed by atoms with Gasteiger partial charge in [-0.05, 0) is 25.5 Å². The molecule has 1 atom stereocenters. The van der Waals surface area contributed by atoms with Crippen LogP contribution in [0.5, 0.6) is 5.75 Å². The number of amides is 1. The van der Waals surface area contributed by atoms with Crippen LogP contribution >= 0.6 is 0 Å². The normalized spacial score (nSPS) is 11.3. The molecule has 0 heterocycles. The molecule has 7 nitrogen and oxygen atoms in total. The fraction of sp³-hybridized carbons (Fsp3) is 0.429. The van der Waals surface area contributed by atoms with Crippen LogP contribution in [0.25, 0.3) is 0 Å². The van der Waals surface area contributed by atoms with Gasteiger partial charge < -0.3 is 9.64 Å². The van der Waals surface area contributed by atoms with Crippen molar-refractivity contribution in [2.24, 2.45) is 0 Å². The first kappa shape index (κ1) is 16.4. The highest BCUT2D eigenvalue weighted by atomic mass is 16.6. The number of likely N-dealkylation sites (N-methyl/N-ethyl adjacent to an activating group) is 1. The summed E-state index contributed by atoms with van der Waals surface area (Å²) in [4.78, 5) is 23.8. The largest absolute Gasteiger partial charge is 0.474 e. The van der Waals surface area contributed by atoms with Gasteiger partial charge in [-0.15, -0.1) is 0 Å². The fourth-order valence-corrected chi connectivity index (χ4v) is 1.75. The van der Waals surface area contributed by atoms with E-state index in [0.29, 0.717) is 6.54 Å². The van der Waals surface area contributed by atoms with Gasteiger partial charge in [0.15, 0.2) is 11.9 Å². The van der Waals surface area contributed by atoms with E-state index in [-0.39, 0.29) is 23.8 Å². The summed E-state index contributed by atoms with van der Waals surface area (Å²) in [5.41, 5.74) is 0.563. The van der Waals surface area contributed by atoms with E-state index < -0.39 is 11.0 Å². The summed E-state index contributed by atoms with van der Waals surface area (Å²) >= 11 is 0. The Morgan fingerprint density at radius 2 is 2.24 bits per heavy atom. The summed E-state index contributed by atoms with van der Waals surface area (Å²) in [6.45, 7) is 3.55. The molecule has 0 N–H and O–H groups in total. The molecular formula is C14H17N3O4. The van der Waals surface area contributed by atoms with Crippen molar-refractivity contribution in [3.05, 3.63) is 33.9 Å². The summed E-state index contributed by atoms with van der Waals surface area (Å²) in [5, 5.41) is 19.5. The Balaban J connectivity index is 2.84. The zero-order valence-electron chi connectivity index (χ0n) is 12.2. The molecule has 0 unspecified atom stereocenters. The second-order valence-corrected chi connectivity index (χ2v) is 4.66. The van der Waals surface area contributed by atoms with Crippen molar-refractivity contribution in [1.29, 1.82) is 5.26 Å². The van der Waals surface area contributed by atoms with Crippen molar-refractivity contribution in [2.45, 2.75) is 26.4 Å². The molecule has 0 fully saturated rings. The quantitative estimate of drug-likeness (QED) is 0.590. The SMILES string of the molecule is Cc1ccc(O[C@@H](C)C(=O)N(C)CCC#N)c([N+](=O)[O-])c1. The third-order valence-corrected chi connectivity index (χ3v) is 2.90. The molecule has 0 radical (unpaired) electrons. The number of nitro groups is 1. The first-order valence-electron chi connectivity index (χ1n) is 6.40. The lowest BCUT2D eigenvalue weighted by Gasteiger charge is -2.21. The van der Waals surface area contributed by atoms with Crippen LogP contribution in [0.1, 0.15) is 18.9 Å². The van der Waals surface area contributed by atoms with Gasteiger partial charge in [0.05, 0.1) is 17.4 Å². The van der Waals surface area contributed by atoms with E-state index in [9.17, 15) is 14.9 Å². The van der Waals surface area contributed by atoms with Crippen molar-refractivity contribution in [2.75, 3.05) is 13.6 Å². The van der Waals surface area contributed by atoms with Gasteiger partial charge in [-0.2, -0.15) is 5.26 Å². The van der Waals surface area contributed by atoms with Crippen LogP contribution in [-0.2, 0) is 4.79 Å². The molecule has 0 aromatic heterocycles. The fourth-order valence-electron chi connectivity index (χ4n) is 1.75. The second kappa shape index (κ2) is 7.24. The molecule has 1 rings (SSSR count). The minimum Gasteiger partial charge on any atom is -0.474 e. The number of ether oxygens (including phenoxy) is 1. The summed E-state index contributed by atoms with van der Waals surface area (Å²) < 4.78 is 5.41. The number of benzene rings is 1. The molecule has 0 saturated carbocycles. The Hall–Kier alpha value is -2.62. The number of rotatable bonds is 6. The van der Waals surface area contributed by atoms with E-state index in [4.69, 9.17) is 10.00 Å². The van der Waals surface area contributed by atoms with Gasteiger partial charge in [-0.1, -0.05) is 6.07 Å². The molecule has 1 aromatic carbocycles. The van der Waals surface area contributed by atoms with Gasteiger partial charge in [0.25, 0.3) is 5.91 Å². The number of hydrogen-bond donors (Lipinski definition) is 0. The van der Waals surface area contributed by atoms with E-state index in [1.54, 1.807) is 20.0 Å². The van der Waals surface area contributed by atoms with Gasteiger partial charge in [0.1, 0.15) is 0 Å². The van der Waals surface area contributed by atoms with Crippen molar-refractivity contribution in [3.8, 4) is 11.8 Å². The van der Waals surface area contributed by atoms with E-state index in [0.717, 1.165) is 5.56 Å². The van der Waals surface area contributed by atoms with Crippen LogP contribution < -0.4 is 4.74 Å². The highest BCUT2D eigenvalue weighted by Gasteiger charge is 2.23. The average molecular weight is 291 g/mol. The van der Waals surface area contributed by atoms with Gasteiger partial charge in [-0.25, -0.2) is 0 Å². The maximum atomic E-state index is 12.0. The highest BCUT2D eigenvalue weighted by Crippen LogP contribution is 2.28. The molecule has 1 amide bonds. The predicted octanol–water partition coefficient (Wildman–Crippen LogP) is 2.04. The molecule has 112 valence electrons. The van der Waals surface area contributed by atoms with Crippen molar-refractivity contribution < 1.29 is 14.5 Å². The number of hydrogen-bond acceptors (Lipinski definition) is 5. The molecule has 0 bridgehead atoms. The Kier molecular flexibility index (Phi) is 5.67. The molecule has 0 aliphatic heterocycles. The van der Waals surface area contributed by atoms with Crippen LogP contribution in [0.3, 0.4) is 0 Å². The van der Waals surface area contributed by atoms with Crippen molar-refractivity contribution in [1.82, 2.24) is 4.90 Å². The Labute approximate surface area is 122 Å². The lowest BCUT2D eigenvalue weighted by molar-refractivity contribution is -0.386. The topological polar surface area (TPSA) is 96.5 Å². The summed E-state index contributed by atoms with van der Waals surface area (Å²) in [6, 6.07) is 6.50.